The van der Waals surface area contributed by atoms with Crippen molar-refractivity contribution in [1.82, 2.24) is 14.8 Å². The van der Waals surface area contributed by atoms with Crippen molar-refractivity contribution in [3.63, 3.8) is 0 Å². The molecule has 0 amide bonds. The molecule has 0 N–H and O–H groups in total. The highest BCUT2D eigenvalue weighted by Crippen LogP contribution is 2.37. The molecule has 1 fully saturated rings. The number of rotatable bonds is 4. The van der Waals surface area contributed by atoms with Gasteiger partial charge in [-0.3, -0.25) is 9.63 Å². The van der Waals surface area contributed by atoms with Gasteiger partial charge in [0.15, 0.2) is 0 Å². The fourth-order valence-electron chi connectivity index (χ4n) is 3.72. The van der Waals surface area contributed by atoms with Gasteiger partial charge in [0.1, 0.15) is 0 Å². The van der Waals surface area contributed by atoms with Crippen LogP contribution in [0.3, 0.4) is 0 Å². The van der Waals surface area contributed by atoms with Gasteiger partial charge in [-0.15, -0.1) is 0 Å². The molecule has 0 unspecified atom stereocenters. The summed E-state index contributed by atoms with van der Waals surface area (Å²) in [7, 11) is 0. The normalized spacial score (nSPS) is 20.1. The quantitative estimate of drug-likeness (QED) is 0.706. The first kappa shape index (κ1) is 17.6. The van der Waals surface area contributed by atoms with Crippen LogP contribution in [0.1, 0.15) is 33.4 Å². The van der Waals surface area contributed by atoms with E-state index in [-0.39, 0.29) is 17.9 Å². The second-order valence-corrected chi connectivity index (χ2v) is 7.00. The van der Waals surface area contributed by atoms with Gasteiger partial charge < -0.3 is 0 Å². The molecule has 2 heterocycles. The van der Waals surface area contributed by atoms with Gasteiger partial charge >= 0.3 is 0 Å². The zero-order valence-corrected chi connectivity index (χ0v) is 15.6. The number of hydrogen-bond acceptors (Lipinski definition) is 4. The molecule has 0 radical (unpaired) electrons. The molecule has 0 bridgehead atoms. The minimum absolute atomic E-state index is 0.0231. The number of aromatic nitrogens is 2. The van der Waals surface area contributed by atoms with E-state index >= 15 is 0 Å². The summed E-state index contributed by atoms with van der Waals surface area (Å²) < 4.78 is 1.52. The summed E-state index contributed by atoms with van der Waals surface area (Å²) in [5, 5.41) is 6.31. The highest BCUT2D eigenvalue weighted by molar-refractivity contribution is 5.82. The van der Waals surface area contributed by atoms with Crippen molar-refractivity contribution in [2.24, 2.45) is 5.92 Å². The third-order valence-corrected chi connectivity index (χ3v) is 4.97. The number of benzene rings is 2. The van der Waals surface area contributed by atoms with Crippen molar-refractivity contribution < 1.29 is 9.63 Å². The van der Waals surface area contributed by atoms with E-state index < -0.39 is 0 Å². The van der Waals surface area contributed by atoms with E-state index in [2.05, 4.69) is 29.4 Å². The van der Waals surface area contributed by atoms with Gasteiger partial charge in [-0.05, 0) is 31.0 Å². The molecule has 0 aliphatic carbocycles. The summed E-state index contributed by atoms with van der Waals surface area (Å²) in [6.07, 6.45) is 0. The largest absolute Gasteiger partial charge is 0.297 e. The van der Waals surface area contributed by atoms with Crippen molar-refractivity contribution in [2.45, 2.75) is 26.4 Å². The molecule has 1 saturated heterocycles. The van der Waals surface area contributed by atoms with Crippen LogP contribution in [-0.4, -0.2) is 27.4 Å². The molecule has 0 spiro atoms. The monoisotopic (exact) mass is 361 g/mol. The SMILES string of the molecule is Cc1cc(C)n(C(=O)[C@H]2CON(Cc3ccccc3)[C@@H]2c2ccccc2)n1. The molecule has 4 rings (SSSR count). The van der Waals surface area contributed by atoms with E-state index in [4.69, 9.17) is 4.84 Å². The van der Waals surface area contributed by atoms with Crippen molar-refractivity contribution in [2.75, 3.05) is 6.61 Å². The Balaban J connectivity index is 1.66. The number of carbonyl (C=O) groups is 1. The maximum atomic E-state index is 13.3. The molecule has 138 valence electrons. The van der Waals surface area contributed by atoms with Crippen LogP contribution in [0.5, 0.6) is 0 Å². The van der Waals surface area contributed by atoms with Gasteiger partial charge in [0.05, 0.1) is 24.3 Å². The molecule has 3 aromatic rings. The van der Waals surface area contributed by atoms with E-state index in [1.165, 1.54) is 4.68 Å². The summed E-state index contributed by atoms with van der Waals surface area (Å²) in [6.45, 7) is 4.79. The Morgan fingerprint density at radius 2 is 1.74 bits per heavy atom. The Morgan fingerprint density at radius 3 is 2.37 bits per heavy atom. The van der Waals surface area contributed by atoms with Crippen molar-refractivity contribution in [1.29, 1.82) is 0 Å². The zero-order chi connectivity index (χ0) is 18.8. The van der Waals surface area contributed by atoms with E-state index in [1.807, 2.05) is 61.4 Å². The van der Waals surface area contributed by atoms with Gasteiger partial charge in [-0.25, -0.2) is 4.68 Å². The van der Waals surface area contributed by atoms with Crippen molar-refractivity contribution >= 4 is 5.91 Å². The van der Waals surface area contributed by atoms with Crippen LogP contribution in [0.2, 0.25) is 0 Å². The third kappa shape index (κ3) is 3.56. The summed E-state index contributed by atoms with van der Waals surface area (Å²) >= 11 is 0. The molecule has 0 saturated carbocycles. The Bertz CT molecular complexity index is 921. The Morgan fingerprint density at radius 1 is 1.07 bits per heavy atom. The Hall–Kier alpha value is -2.76. The van der Waals surface area contributed by atoms with Crippen LogP contribution < -0.4 is 0 Å². The summed E-state index contributed by atoms with van der Waals surface area (Å²) in [6, 6.07) is 22.0. The number of hydroxylamine groups is 2. The first-order valence-electron chi connectivity index (χ1n) is 9.19. The standard InChI is InChI=1S/C22H23N3O2/c1-16-13-17(2)25(23-16)22(26)20-15-27-24(14-18-9-5-3-6-10-18)21(20)19-11-7-4-8-12-19/h3-13,20-21H,14-15H2,1-2H3/t20-,21+/m0/s1. The van der Waals surface area contributed by atoms with Crippen LogP contribution in [0, 0.1) is 19.8 Å². The maximum absolute atomic E-state index is 13.3. The topological polar surface area (TPSA) is 47.4 Å². The van der Waals surface area contributed by atoms with Crippen molar-refractivity contribution in [3.8, 4) is 0 Å². The van der Waals surface area contributed by atoms with Gasteiger partial charge in [0, 0.05) is 12.2 Å². The van der Waals surface area contributed by atoms with E-state index in [0.29, 0.717) is 13.2 Å². The predicted molar refractivity (Wildman–Crippen MR) is 103 cm³/mol. The smallest absolute Gasteiger partial charge is 0.254 e. The second-order valence-electron chi connectivity index (χ2n) is 7.00. The third-order valence-electron chi connectivity index (χ3n) is 4.97. The number of hydrogen-bond donors (Lipinski definition) is 0. The van der Waals surface area contributed by atoms with Crippen LogP contribution in [0.15, 0.2) is 66.7 Å². The van der Waals surface area contributed by atoms with Gasteiger partial charge in [0.2, 0.25) is 0 Å². The van der Waals surface area contributed by atoms with Crippen LogP contribution in [0.25, 0.3) is 0 Å². The molecular weight excluding hydrogens is 338 g/mol. The first-order valence-corrected chi connectivity index (χ1v) is 9.19. The molecule has 2 atom stereocenters. The lowest BCUT2D eigenvalue weighted by atomic mass is 9.93. The maximum Gasteiger partial charge on any atom is 0.254 e. The average Bonchev–Trinajstić information content (AvgIpc) is 3.25. The van der Waals surface area contributed by atoms with E-state index in [1.54, 1.807) is 0 Å². The molecule has 2 aromatic carbocycles. The summed E-state index contributed by atoms with van der Waals surface area (Å²) in [5.74, 6) is -0.334. The Labute approximate surface area is 159 Å². The minimum atomic E-state index is -0.311. The highest BCUT2D eigenvalue weighted by Gasteiger charge is 2.42. The zero-order valence-electron chi connectivity index (χ0n) is 15.6. The van der Waals surface area contributed by atoms with Gasteiger partial charge in [0.25, 0.3) is 5.91 Å². The lowest BCUT2D eigenvalue weighted by molar-refractivity contribution is -0.141. The Kier molecular flexibility index (Phi) is 4.88. The summed E-state index contributed by atoms with van der Waals surface area (Å²) in [4.78, 5) is 19.3. The van der Waals surface area contributed by atoms with E-state index in [9.17, 15) is 4.79 Å². The average molecular weight is 361 g/mol. The van der Waals surface area contributed by atoms with Crippen molar-refractivity contribution in [3.05, 3.63) is 89.2 Å². The second kappa shape index (κ2) is 7.47. The molecule has 1 aliphatic heterocycles. The molecule has 27 heavy (non-hydrogen) atoms. The number of carbonyl (C=O) groups excluding carboxylic acids is 1. The van der Waals surface area contributed by atoms with Crippen LogP contribution in [-0.2, 0) is 11.4 Å². The van der Waals surface area contributed by atoms with Crippen LogP contribution >= 0.6 is 0 Å². The van der Waals surface area contributed by atoms with E-state index in [0.717, 1.165) is 22.5 Å². The molecule has 5 heteroatoms. The first-order chi connectivity index (χ1) is 13.1. The summed E-state index contributed by atoms with van der Waals surface area (Å²) in [5.41, 5.74) is 3.92. The molecule has 5 nitrogen and oxygen atoms in total. The molecular formula is C22H23N3O2. The predicted octanol–water partition coefficient (Wildman–Crippen LogP) is 3.95. The van der Waals surface area contributed by atoms with Crippen LogP contribution in [0.4, 0.5) is 0 Å². The molecule has 1 aromatic heterocycles. The number of nitrogens with zero attached hydrogens (tertiary/aromatic N) is 3. The minimum Gasteiger partial charge on any atom is -0.297 e. The lowest BCUT2D eigenvalue weighted by Crippen LogP contribution is -2.31. The highest BCUT2D eigenvalue weighted by atomic mass is 16.7. The van der Waals surface area contributed by atoms with Gasteiger partial charge in [-0.1, -0.05) is 60.7 Å². The molecule has 1 aliphatic rings. The fourth-order valence-corrected chi connectivity index (χ4v) is 3.72. The number of aryl methyl sites for hydroxylation is 2. The van der Waals surface area contributed by atoms with Gasteiger partial charge in [-0.2, -0.15) is 10.2 Å². The fraction of sp³-hybridized carbons (Fsp3) is 0.273. The lowest BCUT2D eigenvalue weighted by Gasteiger charge is -2.25.